The van der Waals surface area contributed by atoms with Crippen LogP contribution in [0, 0.1) is 0 Å². The number of carbonyl (C=O) groups excluding carboxylic acids is 2. The normalized spacial score (nSPS) is 14.6. The summed E-state index contributed by atoms with van der Waals surface area (Å²) in [4.78, 5) is 28.3. The van der Waals surface area contributed by atoms with Crippen LogP contribution in [0.3, 0.4) is 0 Å². The summed E-state index contributed by atoms with van der Waals surface area (Å²) >= 11 is 9.65. The van der Waals surface area contributed by atoms with E-state index in [-0.39, 0.29) is 34.5 Å². The molecule has 29 heavy (non-hydrogen) atoms. The second-order valence-electron chi connectivity index (χ2n) is 6.10. The number of ether oxygens (including phenoxy) is 3. The Morgan fingerprint density at radius 3 is 2.79 bits per heavy atom. The molecule has 2 aromatic carbocycles. The quantitative estimate of drug-likeness (QED) is 0.326. The minimum atomic E-state index is -0.575. The minimum absolute atomic E-state index is 0.119. The van der Waals surface area contributed by atoms with Crippen LogP contribution < -0.4 is 9.47 Å². The number of rotatable bonds is 6. The number of halogens is 2. The van der Waals surface area contributed by atoms with Gasteiger partial charge in [-0.3, -0.25) is 4.79 Å². The van der Waals surface area contributed by atoms with Crippen LogP contribution in [0.1, 0.15) is 30.9 Å². The molecule has 0 saturated carbocycles. The third-order valence-corrected chi connectivity index (χ3v) is 4.69. The lowest BCUT2D eigenvalue weighted by atomic mass is 10.1. The molecule has 1 heterocycles. The first-order chi connectivity index (χ1) is 13.9. The summed E-state index contributed by atoms with van der Waals surface area (Å²) in [6.45, 7) is 1.87. The van der Waals surface area contributed by atoms with Gasteiger partial charge >= 0.3 is 11.9 Å². The third kappa shape index (κ3) is 5.05. The number of methoxy groups -OCH3 is 1. The Hall–Kier alpha value is -2.64. The van der Waals surface area contributed by atoms with Crippen LogP contribution in [0.4, 0.5) is 0 Å². The zero-order chi connectivity index (χ0) is 21.0. The average molecular weight is 479 g/mol. The molecule has 0 atom stereocenters. The molecule has 0 aromatic heterocycles. The fourth-order valence-corrected chi connectivity index (χ4v) is 3.26. The number of nitrogens with zero attached hydrogens (tertiary/aromatic N) is 1. The van der Waals surface area contributed by atoms with Gasteiger partial charge in [0, 0.05) is 16.5 Å². The van der Waals surface area contributed by atoms with Crippen molar-refractivity contribution in [2.24, 2.45) is 4.99 Å². The molecule has 0 unspecified atom stereocenters. The highest BCUT2D eigenvalue weighted by atomic mass is 79.9. The van der Waals surface area contributed by atoms with Gasteiger partial charge in [-0.15, -0.1) is 0 Å². The molecule has 3 rings (SSSR count). The van der Waals surface area contributed by atoms with Gasteiger partial charge in [-0.1, -0.05) is 40.5 Å². The summed E-state index contributed by atoms with van der Waals surface area (Å²) < 4.78 is 16.7. The molecule has 0 saturated heterocycles. The van der Waals surface area contributed by atoms with Gasteiger partial charge in [-0.2, -0.15) is 0 Å². The molecule has 0 spiro atoms. The van der Waals surface area contributed by atoms with Crippen LogP contribution >= 0.6 is 27.5 Å². The van der Waals surface area contributed by atoms with Gasteiger partial charge < -0.3 is 14.2 Å². The highest BCUT2D eigenvalue weighted by Crippen LogP contribution is 2.37. The number of hydrogen-bond acceptors (Lipinski definition) is 6. The van der Waals surface area contributed by atoms with E-state index in [0.717, 1.165) is 4.47 Å². The maximum absolute atomic E-state index is 12.2. The lowest BCUT2D eigenvalue weighted by Gasteiger charge is -2.11. The second kappa shape index (κ2) is 9.24. The summed E-state index contributed by atoms with van der Waals surface area (Å²) in [5.74, 6) is -0.348. The van der Waals surface area contributed by atoms with E-state index >= 15 is 0 Å². The summed E-state index contributed by atoms with van der Waals surface area (Å²) in [6, 6.07) is 10.4. The zero-order valence-electron chi connectivity index (χ0n) is 15.7. The first kappa shape index (κ1) is 21.1. The van der Waals surface area contributed by atoms with Gasteiger partial charge in [-0.05, 0) is 48.4 Å². The lowest BCUT2D eigenvalue weighted by Crippen LogP contribution is -2.08. The van der Waals surface area contributed by atoms with Crippen LogP contribution in [0.2, 0.25) is 5.02 Å². The summed E-state index contributed by atoms with van der Waals surface area (Å²) in [7, 11) is 1.44. The number of aliphatic imine (C=N–C) groups is 1. The van der Waals surface area contributed by atoms with E-state index in [1.165, 1.54) is 13.2 Å². The van der Waals surface area contributed by atoms with Crippen molar-refractivity contribution in [2.45, 2.75) is 19.8 Å². The molecule has 0 radical (unpaired) electrons. The second-order valence-corrected chi connectivity index (χ2v) is 7.43. The van der Waals surface area contributed by atoms with Gasteiger partial charge in [0.1, 0.15) is 0 Å². The molecule has 1 aliphatic heterocycles. The van der Waals surface area contributed by atoms with Gasteiger partial charge in [0.05, 0.1) is 12.1 Å². The molecule has 8 heteroatoms. The molecule has 0 N–H and O–H groups in total. The highest BCUT2D eigenvalue weighted by molar-refractivity contribution is 9.10. The number of cyclic esters (lactones) is 1. The molecular weight excluding hydrogens is 462 g/mol. The molecule has 0 aliphatic carbocycles. The first-order valence-electron chi connectivity index (χ1n) is 8.78. The Balaban J connectivity index is 1.92. The number of esters is 2. The van der Waals surface area contributed by atoms with Gasteiger partial charge in [0.2, 0.25) is 5.90 Å². The van der Waals surface area contributed by atoms with Crippen molar-refractivity contribution in [1.82, 2.24) is 0 Å². The number of carbonyl (C=O) groups is 2. The monoisotopic (exact) mass is 477 g/mol. The Morgan fingerprint density at radius 2 is 2.10 bits per heavy atom. The Bertz CT molecular complexity index is 1030. The smallest absolute Gasteiger partial charge is 0.363 e. The molecule has 0 fully saturated rings. The number of hydrogen-bond donors (Lipinski definition) is 0. The van der Waals surface area contributed by atoms with Gasteiger partial charge in [-0.25, -0.2) is 9.79 Å². The molecular formula is C21H17BrClNO5. The summed E-state index contributed by atoms with van der Waals surface area (Å²) in [5.41, 5.74) is 1.34. The van der Waals surface area contributed by atoms with Crippen molar-refractivity contribution >= 4 is 51.4 Å². The van der Waals surface area contributed by atoms with E-state index in [0.29, 0.717) is 17.5 Å². The number of benzene rings is 2. The van der Waals surface area contributed by atoms with Crippen molar-refractivity contribution in [3.8, 4) is 11.5 Å². The maximum atomic E-state index is 12.2. The van der Waals surface area contributed by atoms with Crippen LogP contribution in [-0.2, 0) is 14.3 Å². The molecule has 6 nitrogen and oxygen atoms in total. The molecule has 150 valence electrons. The van der Waals surface area contributed by atoms with Crippen molar-refractivity contribution in [2.75, 3.05) is 7.11 Å². The van der Waals surface area contributed by atoms with Crippen molar-refractivity contribution in [1.29, 1.82) is 0 Å². The summed E-state index contributed by atoms with van der Waals surface area (Å²) in [5, 5.41) is 0.184. The molecule has 2 aromatic rings. The van der Waals surface area contributed by atoms with E-state index in [4.69, 9.17) is 25.8 Å². The first-order valence-corrected chi connectivity index (χ1v) is 9.95. The Morgan fingerprint density at radius 1 is 1.31 bits per heavy atom. The van der Waals surface area contributed by atoms with E-state index in [9.17, 15) is 9.59 Å². The van der Waals surface area contributed by atoms with Crippen LogP contribution in [0.5, 0.6) is 11.5 Å². The highest BCUT2D eigenvalue weighted by Gasteiger charge is 2.25. The fraction of sp³-hybridized carbons (Fsp3) is 0.190. The topological polar surface area (TPSA) is 74.2 Å². The van der Waals surface area contributed by atoms with Crippen LogP contribution in [0.15, 0.2) is 51.6 Å². The molecule has 0 bridgehead atoms. The predicted molar refractivity (Wildman–Crippen MR) is 113 cm³/mol. The van der Waals surface area contributed by atoms with E-state index < -0.39 is 11.9 Å². The minimum Gasteiger partial charge on any atom is -0.493 e. The third-order valence-electron chi connectivity index (χ3n) is 3.92. The Labute approximate surface area is 181 Å². The largest absolute Gasteiger partial charge is 0.493 e. The molecule has 1 aliphatic rings. The van der Waals surface area contributed by atoms with E-state index in [1.54, 1.807) is 24.3 Å². The van der Waals surface area contributed by atoms with Gasteiger partial charge in [0.25, 0.3) is 0 Å². The standard InChI is InChI=1S/C21H17BrClNO5/c1-3-5-18(25)28-19-15(23)8-12(10-17(19)27-2)9-16-21(26)29-20(24-16)13-6-4-7-14(22)11-13/h4,6-11H,3,5H2,1-2H3/b16-9-. The SMILES string of the molecule is CCCC(=O)Oc1c(Cl)cc(/C=C2\N=C(c3cccc(Br)c3)OC2=O)cc1OC. The maximum Gasteiger partial charge on any atom is 0.363 e. The molecule has 0 amide bonds. The van der Waals surface area contributed by atoms with Crippen molar-refractivity contribution in [3.63, 3.8) is 0 Å². The van der Waals surface area contributed by atoms with Crippen molar-refractivity contribution < 1.29 is 23.8 Å². The predicted octanol–water partition coefficient (Wildman–Crippen LogP) is 5.16. The average Bonchev–Trinajstić information content (AvgIpc) is 3.04. The van der Waals surface area contributed by atoms with E-state index in [2.05, 4.69) is 20.9 Å². The van der Waals surface area contributed by atoms with Gasteiger partial charge in [0.15, 0.2) is 17.2 Å². The van der Waals surface area contributed by atoms with Crippen molar-refractivity contribution in [3.05, 3.63) is 62.7 Å². The summed E-state index contributed by atoms with van der Waals surface area (Å²) in [6.07, 6.45) is 2.45. The van der Waals surface area contributed by atoms with Crippen LogP contribution in [-0.4, -0.2) is 24.9 Å². The Kier molecular flexibility index (Phi) is 6.71. The van der Waals surface area contributed by atoms with E-state index in [1.807, 2.05) is 19.1 Å². The lowest BCUT2D eigenvalue weighted by molar-refractivity contribution is -0.134. The zero-order valence-corrected chi connectivity index (χ0v) is 18.0. The fourth-order valence-electron chi connectivity index (χ4n) is 2.60. The van der Waals surface area contributed by atoms with Crippen LogP contribution in [0.25, 0.3) is 6.08 Å².